The second kappa shape index (κ2) is 6.90. The summed E-state index contributed by atoms with van der Waals surface area (Å²) in [5.41, 5.74) is 0.930. The summed E-state index contributed by atoms with van der Waals surface area (Å²) in [6.07, 6.45) is 0. The van der Waals surface area contributed by atoms with Crippen molar-refractivity contribution in [1.29, 1.82) is 0 Å². The smallest absolute Gasteiger partial charge is 0.106 e. The Bertz CT molecular complexity index is 297. The number of halogens is 1. The first-order chi connectivity index (χ1) is 7.26. The Morgan fingerprint density at radius 2 is 2.40 bits per heavy atom. The first-order valence-corrected chi connectivity index (χ1v) is 5.50. The molecule has 0 amide bonds. The molecule has 0 saturated heterocycles. The molecule has 0 bridgehead atoms. The lowest BCUT2D eigenvalue weighted by Gasteiger charge is -2.14. The summed E-state index contributed by atoms with van der Waals surface area (Å²) in [7, 11) is 1.61. The highest BCUT2D eigenvalue weighted by Gasteiger charge is 2.06. The molecule has 0 saturated carbocycles. The van der Waals surface area contributed by atoms with Crippen LogP contribution in [0.2, 0.25) is 0 Å². The molecule has 15 heavy (non-hydrogen) atoms. The van der Waals surface area contributed by atoms with Gasteiger partial charge in [0.25, 0.3) is 0 Å². The lowest BCUT2D eigenvalue weighted by Crippen LogP contribution is -2.36. The number of pyridine rings is 1. The molecule has 1 unspecified atom stereocenters. The van der Waals surface area contributed by atoms with Gasteiger partial charge in [-0.1, -0.05) is 6.07 Å². The lowest BCUT2D eigenvalue weighted by molar-refractivity contribution is 0.128. The summed E-state index contributed by atoms with van der Waals surface area (Å²) >= 11 is 3.30. The monoisotopic (exact) mass is 274 g/mol. The van der Waals surface area contributed by atoms with E-state index in [0.29, 0.717) is 13.2 Å². The van der Waals surface area contributed by atoms with E-state index in [1.165, 1.54) is 0 Å². The molecule has 1 atom stereocenters. The van der Waals surface area contributed by atoms with Crippen LogP contribution in [0.3, 0.4) is 0 Å². The maximum atomic E-state index is 9.02. The topological polar surface area (TPSA) is 54.4 Å². The third-order valence-corrected chi connectivity index (χ3v) is 2.37. The Morgan fingerprint density at radius 1 is 1.60 bits per heavy atom. The molecule has 0 aromatic carbocycles. The number of hydrogen-bond donors (Lipinski definition) is 2. The van der Waals surface area contributed by atoms with Crippen molar-refractivity contribution in [3.63, 3.8) is 0 Å². The van der Waals surface area contributed by atoms with Gasteiger partial charge >= 0.3 is 0 Å². The van der Waals surface area contributed by atoms with Gasteiger partial charge in [0.15, 0.2) is 0 Å². The molecule has 4 nitrogen and oxygen atoms in total. The number of methoxy groups -OCH3 is 1. The van der Waals surface area contributed by atoms with Crippen LogP contribution in [0.15, 0.2) is 22.8 Å². The lowest BCUT2D eigenvalue weighted by atomic mass is 10.3. The van der Waals surface area contributed by atoms with Crippen LogP contribution in [0.4, 0.5) is 0 Å². The van der Waals surface area contributed by atoms with Gasteiger partial charge in [0, 0.05) is 13.7 Å². The van der Waals surface area contributed by atoms with Crippen LogP contribution in [0.1, 0.15) is 5.69 Å². The minimum atomic E-state index is -0.0456. The molecule has 0 aliphatic rings. The summed E-state index contributed by atoms with van der Waals surface area (Å²) in [6.45, 7) is 1.17. The predicted molar refractivity (Wildman–Crippen MR) is 61.5 cm³/mol. The number of ether oxygens (including phenoxy) is 1. The molecule has 1 aromatic heterocycles. The van der Waals surface area contributed by atoms with E-state index in [0.717, 1.165) is 10.3 Å². The molecular weight excluding hydrogens is 260 g/mol. The summed E-state index contributed by atoms with van der Waals surface area (Å²) in [5.74, 6) is 0. The van der Waals surface area contributed by atoms with Crippen LogP contribution < -0.4 is 5.32 Å². The van der Waals surface area contributed by atoms with Crippen molar-refractivity contribution in [2.45, 2.75) is 12.6 Å². The van der Waals surface area contributed by atoms with Crippen molar-refractivity contribution in [2.24, 2.45) is 0 Å². The average Bonchev–Trinajstić information content (AvgIpc) is 2.24. The van der Waals surface area contributed by atoms with Gasteiger partial charge in [-0.05, 0) is 28.1 Å². The third-order valence-electron chi connectivity index (χ3n) is 1.93. The van der Waals surface area contributed by atoms with Crippen molar-refractivity contribution in [3.8, 4) is 0 Å². The molecular formula is C10H15BrN2O2. The zero-order valence-corrected chi connectivity index (χ0v) is 10.2. The summed E-state index contributed by atoms with van der Waals surface area (Å²) in [5, 5.41) is 12.2. The Kier molecular flexibility index (Phi) is 5.78. The van der Waals surface area contributed by atoms with Gasteiger partial charge in [0.1, 0.15) is 4.60 Å². The molecule has 0 radical (unpaired) electrons. The van der Waals surface area contributed by atoms with Gasteiger partial charge in [-0.2, -0.15) is 0 Å². The van der Waals surface area contributed by atoms with Crippen molar-refractivity contribution in [2.75, 3.05) is 20.3 Å². The highest BCUT2D eigenvalue weighted by Crippen LogP contribution is 2.06. The van der Waals surface area contributed by atoms with Gasteiger partial charge in [0.2, 0.25) is 0 Å². The molecule has 1 aromatic rings. The highest BCUT2D eigenvalue weighted by molar-refractivity contribution is 9.10. The average molecular weight is 275 g/mol. The maximum absolute atomic E-state index is 9.02. The van der Waals surface area contributed by atoms with Crippen molar-refractivity contribution in [3.05, 3.63) is 28.5 Å². The molecule has 5 heteroatoms. The van der Waals surface area contributed by atoms with Crippen molar-refractivity contribution in [1.82, 2.24) is 10.3 Å². The van der Waals surface area contributed by atoms with Crippen molar-refractivity contribution < 1.29 is 9.84 Å². The minimum Gasteiger partial charge on any atom is -0.395 e. The zero-order valence-electron chi connectivity index (χ0n) is 8.61. The Hall–Kier alpha value is -0.490. The second-order valence-electron chi connectivity index (χ2n) is 3.17. The molecule has 2 N–H and O–H groups in total. The van der Waals surface area contributed by atoms with Crippen LogP contribution in [-0.4, -0.2) is 36.5 Å². The fraction of sp³-hybridized carbons (Fsp3) is 0.500. The number of aliphatic hydroxyl groups is 1. The Balaban J connectivity index is 2.41. The summed E-state index contributed by atoms with van der Waals surface area (Å²) < 4.78 is 5.77. The molecule has 0 fully saturated rings. The third kappa shape index (κ3) is 4.70. The fourth-order valence-corrected chi connectivity index (χ4v) is 1.56. The number of aromatic nitrogens is 1. The maximum Gasteiger partial charge on any atom is 0.106 e. The number of hydrogen-bond acceptors (Lipinski definition) is 4. The Labute approximate surface area is 97.8 Å². The summed E-state index contributed by atoms with van der Waals surface area (Å²) in [4.78, 5) is 4.27. The van der Waals surface area contributed by atoms with E-state index in [4.69, 9.17) is 9.84 Å². The van der Waals surface area contributed by atoms with E-state index in [1.807, 2.05) is 18.2 Å². The minimum absolute atomic E-state index is 0.0456. The quantitative estimate of drug-likeness (QED) is 0.759. The van der Waals surface area contributed by atoms with Crippen LogP contribution in [0.5, 0.6) is 0 Å². The zero-order chi connectivity index (χ0) is 11.1. The Morgan fingerprint density at radius 3 is 3.00 bits per heavy atom. The number of nitrogens with one attached hydrogen (secondary N) is 1. The fourth-order valence-electron chi connectivity index (χ4n) is 1.18. The molecule has 0 aliphatic carbocycles. The van der Waals surface area contributed by atoms with E-state index in [9.17, 15) is 0 Å². The molecule has 84 valence electrons. The van der Waals surface area contributed by atoms with Gasteiger partial charge < -0.3 is 15.2 Å². The van der Waals surface area contributed by atoms with Crippen LogP contribution in [-0.2, 0) is 11.3 Å². The van der Waals surface area contributed by atoms with Gasteiger partial charge in [0.05, 0.1) is 24.9 Å². The number of nitrogens with zero attached hydrogens (tertiary/aromatic N) is 1. The van der Waals surface area contributed by atoms with Gasteiger partial charge in [-0.25, -0.2) is 4.98 Å². The van der Waals surface area contributed by atoms with E-state index >= 15 is 0 Å². The molecule has 0 aliphatic heterocycles. The van der Waals surface area contributed by atoms with Gasteiger partial charge in [-0.15, -0.1) is 0 Å². The van der Waals surface area contributed by atoms with Crippen molar-refractivity contribution >= 4 is 15.9 Å². The van der Waals surface area contributed by atoms with E-state index in [1.54, 1.807) is 7.11 Å². The van der Waals surface area contributed by atoms with Gasteiger partial charge in [-0.3, -0.25) is 0 Å². The predicted octanol–water partition coefficient (Wildman–Crippen LogP) is 0.941. The highest BCUT2D eigenvalue weighted by atomic mass is 79.9. The van der Waals surface area contributed by atoms with Crippen LogP contribution in [0, 0.1) is 0 Å². The normalized spacial score (nSPS) is 12.7. The molecule has 0 spiro atoms. The standard InChI is InChI=1S/C10H15BrN2O2/c1-15-7-9(6-14)12-5-8-3-2-4-10(11)13-8/h2-4,9,12,14H,5-7H2,1H3. The first-order valence-electron chi connectivity index (χ1n) is 4.71. The summed E-state index contributed by atoms with van der Waals surface area (Å²) in [6, 6.07) is 5.69. The van der Waals surface area contributed by atoms with E-state index in [2.05, 4.69) is 26.2 Å². The van der Waals surface area contributed by atoms with E-state index in [-0.39, 0.29) is 12.6 Å². The SMILES string of the molecule is COCC(CO)NCc1cccc(Br)n1. The number of rotatable bonds is 6. The molecule has 1 rings (SSSR count). The van der Waals surface area contributed by atoms with Crippen LogP contribution in [0.25, 0.3) is 0 Å². The second-order valence-corrected chi connectivity index (χ2v) is 3.98. The molecule has 1 heterocycles. The number of aliphatic hydroxyl groups excluding tert-OH is 1. The van der Waals surface area contributed by atoms with E-state index < -0.39 is 0 Å². The first kappa shape index (κ1) is 12.6. The largest absolute Gasteiger partial charge is 0.395 e. The van der Waals surface area contributed by atoms with Crippen LogP contribution >= 0.6 is 15.9 Å².